The van der Waals surface area contributed by atoms with Gasteiger partial charge < -0.3 is 10.8 Å². The van der Waals surface area contributed by atoms with Crippen LogP contribution in [0.1, 0.15) is 51.9 Å². The zero-order valence-electron chi connectivity index (χ0n) is 9.82. The van der Waals surface area contributed by atoms with Gasteiger partial charge in [0.15, 0.2) is 0 Å². The molecular weight excluding hydrogens is 210 g/mol. The van der Waals surface area contributed by atoms with Gasteiger partial charge in [-0.25, -0.2) is 0 Å². The lowest BCUT2D eigenvalue weighted by atomic mass is 10.1. The van der Waals surface area contributed by atoms with Crippen LogP contribution in [0.15, 0.2) is 12.2 Å². The van der Waals surface area contributed by atoms with Crippen molar-refractivity contribution in [1.82, 2.24) is 0 Å². The number of rotatable bonds is 9. The molecule has 0 aromatic rings. The topological polar surface area (TPSA) is 46.2 Å². The van der Waals surface area contributed by atoms with E-state index < -0.39 is 0 Å². The van der Waals surface area contributed by atoms with E-state index in [1.54, 1.807) is 0 Å². The van der Waals surface area contributed by atoms with Gasteiger partial charge in [-0.1, -0.05) is 38.3 Å². The molecule has 0 bridgehead atoms. The summed E-state index contributed by atoms with van der Waals surface area (Å²) in [4.78, 5) is 0. The predicted octanol–water partition coefficient (Wildman–Crippen LogP) is 3.03. The number of halogens is 1. The minimum absolute atomic E-state index is 0. The maximum absolute atomic E-state index is 8.70. The fourth-order valence-electron chi connectivity index (χ4n) is 1.40. The smallest absolute Gasteiger partial charge is 0.0582 e. The van der Waals surface area contributed by atoms with Crippen LogP contribution < -0.4 is 5.73 Å². The van der Waals surface area contributed by atoms with E-state index in [0.29, 0.717) is 0 Å². The highest BCUT2D eigenvalue weighted by molar-refractivity contribution is 5.85. The molecule has 0 fully saturated rings. The first-order valence-corrected chi connectivity index (χ1v) is 5.82. The van der Waals surface area contributed by atoms with Gasteiger partial charge in [0.1, 0.15) is 0 Å². The van der Waals surface area contributed by atoms with Crippen LogP contribution in [0.3, 0.4) is 0 Å². The van der Waals surface area contributed by atoms with Crippen LogP contribution in [0.25, 0.3) is 0 Å². The molecule has 2 nitrogen and oxygen atoms in total. The number of allylic oxidation sites excluding steroid dienone is 2. The first-order chi connectivity index (χ1) is 6.81. The number of unbranched alkanes of at least 4 members (excludes halogenated alkanes) is 4. The molecule has 3 N–H and O–H groups in total. The van der Waals surface area contributed by atoms with E-state index in [1.165, 1.54) is 25.7 Å². The lowest BCUT2D eigenvalue weighted by molar-refractivity contribution is 0.257. The van der Waals surface area contributed by atoms with Crippen molar-refractivity contribution in [2.24, 2.45) is 5.73 Å². The summed E-state index contributed by atoms with van der Waals surface area (Å²) < 4.78 is 0. The number of nitrogens with two attached hydrogens (primary N) is 1. The summed E-state index contributed by atoms with van der Waals surface area (Å²) in [6.45, 7) is 2.28. The molecule has 0 radical (unpaired) electrons. The molecule has 0 aliphatic rings. The Bertz CT molecular complexity index is 140. The van der Waals surface area contributed by atoms with Crippen molar-refractivity contribution in [2.75, 3.05) is 6.61 Å². The Kier molecular flexibility index (Phi) is 16.1. The summed E-state index contributed by atoms with van der Waals surface area (Å²) >= 11 is 0. The first kappa shape index (κ1) is 17.3. The van der Waals surface area contributed by atoms with Crippen molar-refractivity contribution in [3.8, 4) is 0 Å². The molecule has 0 rings (SSSR count). The molecule has 1 atom stereocenters. The number of aliphatic hydroxyl groups is 1. The van der Waals surface area contributed by atoms with Crippen molar-refractivity contribution >= 4 is 12.4 Å². The third kappa shape index (κ3) is 14.0. The van der Waals surface area contributed by atoms with Crippen molar-refractivity contribution in [3.05, 3.63) is 12.2 Å². The molecule has 1 unspecified atom stereocenters. The zero-order valence-corrected chi connectivity index (χ0v) is 10.6. The Morgan fingerprint density at radius 2 is 1.80 bits per heavy atom. The Labute approximate surface area is 100 Å². The molecule has 0 saturated heterocycles. The molecule has 0 saturated carbocycles. The Morgan fingerprint density at radius 1 is 1.13 bits per heavy atom. The maximum Gasteiger partial charge on any atom is 0.0582 e. The Morgan fingerprint density at radius 3 is 2.40 bits per heavy atom. The summed E-state index contributed by atoms with van der Waals surface area (Å²) in [5.74, 6) is 0. The van der Waals surface area contributed by atoms with E-state index in [9.17, 15) is 0 Å². The lowest BCUT2D eigenvalue weighted by Crippen LogP contribution is -2.23. The zero-order chi connectivity index (χ0) is 10.6. The van der Waals surface area contributed by atoms with Crippen LogP contribution in [0, 0.1) is 0 Å². The van der Waals surface area contributed by atoms with Gasteiger partial charge in [0.2, 0.25) is 0 Å². The van der Waals surface area contributed by atoms with E-state index in [4.69, 9.17) is 10.8 Å². The number of hydrogen-bond donors (Lipinski definition) is 2. The number of hydrogen-bond acceptors (Lipinski definition) is 2. The third-order valence-electron chi connectivity index (χ3n) is 2.33. The molecule has 0 spiro atoms. The molecule has 15 heavy (non-hydrogen) atoms. The second-order valence-electron chi connectivity index (χ2n) is 3.81. The molecule has 0 aromatic carbocycles. The lowest BCUT2D eigenvalue weighted by Gasteiger charge is -2.06. The van der Waals surface area contributed by atoms with Crippen LogP contribution in [0.5, 0.6) is 0 Å². The summed E-state index contributed by atoms with van der Waals surface area (Å²) in [6, 6.07) is -0.00464. The van der Waals surface area contributed by atoms with E-state index in [2.05, 4.69) is 19.1 Å². The highest BCUT2D eigenvalue weighted by Gasteiger charge is 1.98. The van der Waals surface area contributed by atoms with E-state index in [-0.39, 0.29) is 25.1 Å². The van der Waals surface area contributed by atoms with E-state index in [1.807, 2.05) is 0 Å². The van der Waals surface area contributed by atoms with Crippen molar-refractivity contribution in [2.45, 2.75) is 57.9 Å². The van der Waals surface area contributed by atoms with Gasteiger partial charge >= 0.3 is 0 Å². The van der Waals surface area contributed by atoms with Gasteiger partial charge in [-0.2, -0.15) is 0 Å². The van der Waals surface area contributed by atoms with Gasteiger partial charge in [-0.15, -0.1) is 12.4 Å². The highest BCUT2D eigenvalue weighted by Crippen LogP contribution is 2.07. The Balaban J connectivity index is 0. The molecule has 3 heteroatoms. The minimum atomic E-state index is -0.00464. The molecule has 0 amide bonds. The summed E-state index contributed by atoms with van der Waals surface area (Å²) in [7, 11) is 0. The van der Waals surface area contributed by atoms with Crippen molar-refractivity contribution in [3.63, 3.8) is 0 Å². The minimum Gasteiger partial charge on any atom is -0.395 e. The van der Waals surface area contributed by atoms with E-state index >= 15 is 0 Å². The second kappa shape index (κ2) is 13.9. The number of aliphatic hydroxyl groups excluding tert-OH is 1. The monoisotopic (exact) mass is 235 g/mol. The fourth-order valence-corrected chi connectivity index (χ4v) is 1.40. The van der Waals surface area contributed by atoms with Crippen LogP contribution in [0.4, 0.5) is 0 Å². The average molecular weight is 236 g/mol. The summed E-state index contributed by atoms with van der Waals surface area (Å²) in [5, 5.41) is 8.70. The molecular formula is C12H26ClNO. The standard InChI is InChI=1S/C12H25NO.ClH/c1-2-3-4-5-6-7-8-9-10-12(13)11-14;/h3-4,12,14H,2,5-11,13H2,1H3;1H/b4-3-;. The van der Waals surface area contributed by atoms with Gasteiger partial charge in [0.25, 0.3) is 0 Å². The van der Waals surface area contributed by atoms with Crippen LogP contribution in [0.2, 0.25) is 0 Å². The van der Waals surface area contributed by atoms with Gasteiger partial charge in [-0.3, -0.25) is 0 Å². The van der Waals surface area contributed by atoms with Crippen LogP contribution in [-0.4, -0.2) is 17.8 Å². The maximum atomic E-state index is 8.70. The van der Waals surface area contributed by atoms with Crippen LogP contribution >= 0.6 is 12.4 Å². The van der Waals surface area contributed by atoms with Crippen molar-refractivity contribution in [1.29, 1.82) is 0 Å². The van der Waals surface area contributed by atoms with Gasteiger partial charge in [0.05, 0.1) is 6.61 Å². The normalized spacial score (nSPS) is 12.7. The predicted molar refractivity (Wildman–Crippen MR) is 69.4 cm³/mol. The SMILES string of the molecule is CC/C=C\CCCCCCC(N)CO.Cl. The average Bonchev–Trinajstić information content (AvgIpc) is 2.21. The Hall–Kier alpha value is -0.0500. The van der Waals surface area contributed by atoms with E-state index in [0.717, 1.165) is 19.3 Å². The molecule has 0 aliphatic carbocycles. The molecule has 0 aromatic heterocycles. The third-order valence-corrected chi connectivity index (χ3v) is 2.33. The fraction of sp³-hybridized carbons (Fsp3) is 0.833. The first-order valence-electron chi connectivity index (χ1n) is 5.82. The summed E-state index contributed by atoms with van der Waals surface area (Å²) in [6.07, 6.45) is 12.8. The molecule has 0 aliphatic heterocycles. The second-order valence-corrected chi connectivity index (χ2v) is 3.81. The quantitative estimate of drug-likeness (QED) is 0.477. The van der Waals surface area contributed by atoms with Crippen LogP contribution in [-0.2, 0) is 0 Å². The summed E-state index contributed by atoms with van der Waals surface area (Å²) in [5.41, 5.74) is 5.59. The molecule has 0 heterocycles. The molecule has 92 valence electrons. The van der Waals surface area contributed by atoms with Gasteiger partial charge in [0, 0.05) is 6.04 Å². The largest absolute Gasteiger partial charge is 0.395 e. The van der Waals surface area contributed by atoms with Crippen molar-refractivity contribution < 1.29 is 5.11 Å². The van der Waals surface area contributed by atoms with Gasteiger partial charge in [-0.05, 0) is 25.7 Å². The highest BCUT2D eigenvalue weighted by atomic mass is 35.5.